The number of aliphatic hydroxyl groups excluding tert-OH is 1. The molecule has 0 saturated carbocycles. The maximum atomic E-state index is 15.1. The molecule has 0 aliphatic carbocycles. The van der Waals surface area contributed by atoms with Crippen molar-refractivity contribution in [1.29, 1.82) is 0 Å². The molecule has 2 aliphatic rings. The highest BCUT2D eigenvalue weighted by molar-refractivity contribution is 7.93. The second-order valence-corrected chi connectivity index (χ2v) is 13.0. The number of methoxy groups -OCH3 is 2. The summed E-state index contributed by atoms with van der Waals surface area (Å²) >= 11 is 6.43. The molecule has 11 nitrogen and oxygen atoms in total. The molecule has 2 heterocycles. The van der Waals surface area contributed by atoms with E-state index in [1.807, 2.05) is 0 Å². The van der Waals surface area contributed by atoms with Gasteiger partial charge in [0.05, 0.1) is 32.1 Å². The minimum atomic E-state index is -5.30. The highest BCUT2D eigenvalue weighted by atomic mass is 35.5. The molecule has 16 heteroatoms. The van der Waals surface area contributed by atoms with Gasteiger partial charge in [-0.3, -0.25) is 14.5 Å². The van der Waals surface area contributed by atoms with Gasteiger partial charge in [-0.05, 0) is 54.4 Å². The Labute approximate surface area is 267 Å². The second kappa shape index (κ2) is 12.0. The fourth-order valence-corrected chi connectivity index (χ4v) is 7.74. The number of likely N-dealkylation sites (N-methyl/N-ethyl adjacent to an activating group) is 1. The van der Waals surface area contributed by atoms with Crippen molar-refractivity contribution in [3.8, 4) is 17.2 Å². The lowest BCUT2D eigenvalue weighted by molar-refractivity contribution is -0.275. The van der Waals surface area contributed by atoms with Gasteiger partial charge in [0, 0.05) is 37.3 Å². The third-order valence-corrected chi connectivity index (χ3v) is 9.85. The molecule has 1 saturated heterocycles. The number of halogens is 4. The van der Waals surface area contributed by atoms with E-state index in [9.17, 15) is 31.5 Å². The molecule has 5 rings (SSSR count). The zero-order chi connectivity index (χ0) is 33.8. The lowest BCUT2D eigenvalue weighted by Gasteiger charge is -2.41. The third kappa shape index (κ3) is 5.50. The fourth-order valence-electron chi connectivity index (χ4n) is 6.00. The summed E-state index contributed by atoms with van der Waals surface area (Å²) in [5, 5.41) is 11.0. The van der Waals surface area contributed by atoms with E-state index in [0.717, 1.165) is 18.2 Å². The molecule has 3 aromatic rings. The number of hydrogen-bond acceptors (Lipinski definition) is 9. The summed E-state index contributed by atoms with van der Waals surface area (Å²) in [5.41, 5.74) is -2.19. The van der Waals surface area contributed by atoms with Gasteiger partial charge in [0.25, 0.3) is 15.9 Å². The summed E-state index contributed by atoms with van der Waals surface area (Å²) < 4.78 is 84.3. The Bertz CT molecular complexity index is 1810. The largest absolute Gasteiger partial charge is 0.573 e. The van der Waals surface area contributed by atoms with Gasteiger partial charge in [-0.25, -0.2) is 12.7 Å². The van der Waals surface area contributed by atoms with Crippen LogP contribution in [0.2, 0.25) is 5.02 Å². The average molecular weight is 684 g/mol. The van der Waals surface area contributed by atoms with E-state index >= 15 is 4.79 Å². The molecule has 1 unspecified atom stereocenters. The van der Waals surface area contributed by atoms with Crippen LogP contribution < -0.4 is 18.5 Å². The number of rotatable bonds is 8. The van der Waals surface area contributed by atoms with Crippen molar-refractivity contribution in [2.75, 3.05) is 39.2 Å². The number of β-amino-alcohol motifs (C(OH)–C–C–N with tert-alkyl or cyclic N) is 1. The number of anilines is 1. The summed E-state index contributed by atoms with van der Waals surface area (Å²) in [7, 11) is 0.350. The molecular weight excluding hydrogens is 655 g/mol. The van der Waals surface area contributed by atoms with Gasteiger partial charge >= 0.3 is 6.36 Å². The first-order valence-corrected chi connectivity index (χ1v) is 15.5. The Morgan fingerprint density at radius 3 is 2.35 bits per heavy atom. The first-order valence-electron chi connectivity index (χ1n) is 13.7. The summed E-state index contributed by atoms with van der Waals surface area (Å²) in [6.45, 7) is -0.252. The maximum absolute atomic E-state index is 15.1. The minimum Gasteiger partial charge on any atom is -0.497 e. The van der Waals surface area contributed by atoms with Crippen LogP contribution in [0.3, 0.4) is 0 Å². The lowest BCUT2D eigenvalue weighted by atomic mass is 9.81. The molecule has 246 valence electrons. The SMILES string of the molecule is COc1cccc(C2(N3C[C@H](O)C[C@H]3C(=O)N(C)C)C(=O)N(S(=O)(=O)c3ccc(OC)cc3OC(F)(F)F)c3ccc(Cl)cc32)c1. The number of alkyl halides is 3. The molecule has 0 spiro atoms. The van der Waals surface area contributed by atoms with E-state index in [4.69, 9.17) is 21.1 Å². The van der Waals surface area contributed by atoms with Crippen molar-refractivity contribution in [2.24, 2.45) is 0 Å². The van der Waals surface area contributed by atoms with E-state index in [1.54, 1.807) is 12.1 Å². The highest BCUT2D eigenvalue weighted by Gasteiger charge is 2.63. The molecule has 3 aromatic carbocycles. The zero-order valence-corrected chi connectivity index (χ0v) is 26.5. The van der Waals surface area contributed by atoms with Crippen LogP contribution in [0.1, 0.15) is 17.5 Å². The molecule has 46 heavy (non-hydrogen) atoms. The van der Waals surface area contributed by atoms with Gasteiger partial charge < -0.3 is 24.2 Å². The predicted octanol–water partition coefficient (Wildman–Crippen LogP) is 3.76. The van der Waals surface area contributed by atoms with Crippen molar-refractivity contribution >= 4 is 39.1 Å². The third-order valence-electron chi connectivity index (χ3n) is 7.88. The normalized spacial score (nSPS) is 21.7. The number of nitrogens with zero attached hydrogens (tertiary/aromatic N) is 3. The highest BCUT2D eigenvalue weighted by Crippen LogP contribution is 2.54. The monoisotopic (exact) mass is 683 g/mol. The van der Waals surface area contributed by atoms with E-state index in [-0.39, 0.29) is 46.3 Å². The minimum absolute atomic E-state index is 0.0132. The standard InChI is InChI=1S/C30H29ClF3N3O8S/c1-35(2)27(39)24-14-19(38)16-36(24)29(17-6-5-7-20(12-17)43-3)22-13-18(31)8-10-23(22)37(28(29)40)46(41,42)26-11-9-21(44-4)15-25(26)45-30(32,33)34/h5-13,15,19,24,38H,14,16H2,1-4H3/t19-,24+,29?/m1/s1. The Hall–Kier alpha value is -4.05. The van der Waals surface area contributed by atoms with Crippen LogP contribution in [-0.4, -0.2) is 88.5 Å². The smallest absolute Gasteiger partial charge is 0.497 e. The van der Waals surface area contributed by atoms with Crippen molar-refractivity contribution in [3.63, 3.8) is 0 Å². The molecular formula is C30H29ClF3N3O8S. The van der Waals surface area contributed by atoms with Crippen molar-refractivity contribution in [2.45, 2.75) is 35.4 Å². The number of sulfonamides is 1. The zero-order valence-electron chi connectivity index (χ0n) is 24.9. The number of likely N-dealkylation sites (tertiary alicyclic amines) is 1. The molecule has 2 amide bonds. The predicted molar refractivity (Wildman–Crippen MR) is 159 cm³/mol. The number of aliphatic hydroxyl groups is 1. The first kappa shape index (κ1) is 33.3. The molecule has 1 fully saturated rings. The molecule has 0 radical (unpaired) electrons. The Morgan fingerprint density at radius 1 is 1.04 bits per heavy atom. The first-order chi connectivity index (χ1) is 21.6. The summed E-state index contributed by atoms with van der Waals surface area (Å²) in [4.78, 5) is 30.3. The van der Waals surface area contributed by atoms with Crippen LogP contribution in [0, 0.1) is 0 Å². The van der Waals surface area contributed by atoms with Gasteiger partial charge in [-0.1, -0.05) is 23.7 Å². The maximum Gasteiger partial charge on any atom is 0.573 e. The van der Waals surface area contributed by atoms with Crippen molar-refractivity contribution in [3.05, 3.63) is 76.8 Å². The molecule has 3 atom stereocenters. The average Bonchev–Trinajstić information content (AvgIpc) is 3.50. The summed E-state index contributed by atoms with van der Waals surface area (Å²) in [5.74, 6) is -2.63. The van der Waals surface area contributed by atoms with Crippen LogP contribution in [0.5, 0.6) is 17.2 Å². The van der Waals surface area contributed by atoms with E-state index in [0.29, 0.717) is 4.31 Å². The number of carbonyl (C=O) groups excluding carboxylic acids is 2. The number of hydrogen-bond donors (Lipinski definition) is 1. The van der Waals surface area contributed by atoms with Gasteiger partial charge in [-0.15, -0.1) is 13.2 Å². The van der Waals surface area contributed by atoms with Crippen LogP contribution in [0.4, 0.5) is 18.9 Å². The molecule has 1 N–H and O–H groups in total. The van der Waals surface area contributed by atoms with Crippen LogP contribution in [0.25, 0.3) is 0 Å². The van der Waals surface area contributed by atoms with Crippen LogP contribution in [0.15, 0.2) is 65.6 Å². The Balaban J connectivity index is 1.84. The number of ether oxygens (including phenoxy) is 3. The second-order valence-electron chi connectivity index (χ2n) is 10.8. The summed E-state index contributed by atoms with van der Waals surface area (Å²) in [6, 6.07) is 11.6. The summed E-state index contributed by atoms with van der Waals surface area (Å²) in [6.07, 6.45) is -6.50. The van der Waals surface area contributed by atoms with E-state index in [1.165, 1.54) is 68.4 Å². The number of fused-ring (bicyclic) bond motifs is 1. The van der Waals surface area contributed by atoms with Gasteiger partial charge in [0.15, 0.2) is 11.3 Å². The quantitative estimate of drug-likeness (QED) is 0.378. The van der Waals surface area contributed by atoms with E-state index < -0.39 is 56.5 Å². The molecule has 0 aromatic heterocycles. The number of amides is 2. The molecule has 2 aliphatic heterocycles. The van der Waals surface area contributed by atoms with Crippen molar-refractivity contribution < 1.29 is 50.5 Å². The fraction of sp³-hybridized carbons (Fsp3) is 0.333. The van der Waals surface area contributed by atoms with Gasteiger partial charge in [0.1, 0.15) is 16.4 Å². The van der Waals surface area contributed by atoms with Gasteiger partial charge in [-0.2, -0.15) is 0 Å². The van der Waals surface area contributed by atoms with Crippen molar-refractivity contribution in [1.82, 2.24) is 9.80 Å². The Kier molecular flexibility index (Phi) is 8.66. The number of benzene rings is 3. The van der Waals surface area contributed by atoms with Crippen LogP contribution in [-0.2, 0) is 25.2 Å². The Morgan fingerprint density at radius 2 is 1.72 bits per heavy atom. The lowest BCUT2D eigenvalue weighted by Crippen LogP contribution is -2.59. The molecule has 0 bridgehead atoms. The van der Waals surface area contributed by atoms with Gasteiger partial charge in [0.2, 0.25) is 5.91 Å². The number of carbonyl (C=O) groups is 2. The topological polar surface area (TPSA) is 126 Å². The van der Waals surface area contributed by atoms with E-state index in [2.05, 4.69) is 4.74 Å². The van der Waals surface area contributed by atoms with Crippen LogP contribution >= 0.6 is 11.6 Å².